The summed E-state index contributed by atoms with van der Waals surface area (Å²) in [6.07, 6.45) is 3.08. The number of hydrogen-bond acceptors (Lipinski definition) is 5. The normalized spacial score (nSPS) is 18.7. The van der Waals surface area contributed by atoms with E-state index in [-0.39, 0.29) is 16.0 Å². The average Bonchev–Trinajstić information content (AvgIpc) is 3.17. The second kappa shape index (κ2) is 6.66. The third-order valence-corrected chi connectivity index (χ3v) is 5.66. The molecule has 1 aromatic carbocycles. The van der Waals surface area contributed by atoms with Gasteiger partial charge in [0.1, 0.15) is 5.76 Å². The molecule has 1 aromatic heterocycles. The zero-order valence-electron chi connectivity index (χ0n) is 12.7. The summed E-state index contributed by atoms with van der Waals surface area (Å²) in [4.78, 5) is 14.2. The van der Waals surface area contributed by atoms with E-state index in [1.54, 1.807) is 43.3 Å². The van der Waals surface area contributed by atoms with Gasteiger partial charge in [-0.3, -0.25) is 9.69 Å². The number of furan rings is 1. The molecule has 1 saturated heterocycles. The molecule has 0 unspecified atom stereocenters. The number of carbonyl (C=O) groups is 1. The average molecular weight is 362 g/mol. The van der Waals surface area contributed by atoms with E-state index in [1.165, 1.54) is 23.3 Å². The van der Waals surface area contributed by atoms with Crippen molar-refractivity contribution in [1.29, 1.82) is 0 Å². The summed E-state index contributed by atoms with van der Waals surface area (Å²) in [5.41, 5.74) is 0. The fourth-order valence-corrected chi connectivity index (χ4v) is 4.35. The SMILES string of the molecule is CCN1C(=O)/C(=C/c2ccco2)SC1=NS(=O)(=O)c1ccccc1. The summed E-state index contributed by atoms with van der Waals surface area (Å²) in [6.45, 7) is 2.09. The smallest absolute Gasteiger partial charge is 0.284 e. The Labute approximate surface area is 143 Å². The van der Waals surface area contributed by atoms with E-state index in [4.69, 9.17) is 4.42 Å². The van der Waals surface area contributed by atoms with Crippen molar-refractivity contribution >= 4 is 38.9 Å². The number of amidine groups is 1. The van der Waals surface area contributed by atoms with E-state index >= 15 is 0 Å². The maximum Gasteiger partial charge on any atom is 0.284 e. The van der Waals surface area contributed by atoms with Crippen LogP contribution in [0.3, 0.4) is 0 Å². The number of carbonyl (C=O) groups excluding carboxylic acids is 1. The third-order valence-electron chi connectivity index (χ3n) is 3.26. The van der Waals surface area contributed by atoms with Gasteiger partial charge in [-0.2, -0.15) is 8.42 Å². The molecule has 1 amide bonds. The highest BCUT2D eigenvalue weighted by Gasteiger charge is 2.34. The zero-order chi connectivity index (χ0) is 17.2. The number of sulfonamides is 1. The lowest BCUT2D eigenvalue weighted by atomic mass is 10.3. The highest BCUT2D eigenvalue weighted by molar-refractivity contribution is 8.19. The standard InChI is InChI=1S/C16H14N2O4S2/c1-2-18-15(19)14(11-12-7-6-10-22-12)23-16(18)17-24(20,21)13-8-4-3-5-9-13/h3-11H,2H2,1H3/b14-11-,17-16?. The molecule has 124 valence electrons. The van der Waals surface area contributed by atoms with Crippen LogP contribution in [0, 0.1) is 0 Å². The summed E-state index contributed by atoms with van der Waals surface area (Å²) >= 11 is 1.02. The lowest BCUT2D eigenvalue weighted by Crippen LogP contribution is -2.29. The minimum atomic E-state index is -3.87. The molecule has 2 aromatic rings. The van der Waals surface area contributed by atoms with Crippen LogP contribution in [0.15, 0.2) is 67.3 Å². The van der Waals surface area contributed by atoms with Crippen molar-refractivity contribution in [2.24, 2.45) is 4.40 Å². The van der Waals surface area contributed by atoms with E-state index in [0.29, 0.717) is 17.2 Å². The molecule has 0 atom stereocenters. The summed E-state index contributed by atoms with van der Waals surface area (Å²) in [5, 5.41) is 0.143. The molecule has 0 aliphatic carbocycles. The van der Waals surface area contributed by atoms with Gasteiger partial charge in [0.15, 0.2) is 5.17 Å². The van der Waals surface area contributed by atoms with Crippen LogP contribution in [0.1, 0.15) is 12.7 Å². The van der Waals surface area contributed by atoms with Crippen molar-refractivity contribution in [3.63, 3.8) is 0 Å². The van der Waals surface area contributed by atoms with Gasteiger partial charge in [0.05, 0.1) is 16.1 Å². The molecule has 24 heavy (non-hydrogen) atoms. The van der Waals surface area contributed by atoms with Crippen LogP contribution in [0.2, 0.25) is 0 Å². The molecule has 1 aliphatic rings. The van der Waals surface area contributed by atoms with Crippen molar-refractivity contribution in [2.45, 2.75) is 11.8 Å². The summed E-state index contributed by atoms with van der Waals surface area (Å²) in [7, 11) is -3.87. The van der Waals surface area contributed by atoms with Gasteiger partial charge in [-0.15, -0.1) is 4.40 Å². The summed E-state index contributed by atoms with van der Waals surface area (Å²) in [6, 6.07) is 11.3. The Hall–Kier alpha value is -2.32. The molecule has 1 aliphatic heterocycles. The first kappa shape index (κ1) is 16.5. The molecule has 3 rings (SSSR count). The van der Waals surface area contributed by atoms with Gasteiger partial charge in [-0.05, 0) is 43.0 Å². The van der Waals surface area contributed by atoms with E-state index < -0.39 is 10.0 Å². The largest absolute Gasteiger partial charge is 0.465 e. The van der Waals surface area contributed by atoms with Gasteiger partial charge < -0.3 is 4.42 Å². The fourth-order valence-electron chi connectivity index (χ4n) is 2.11. The van der Waals surface area contributed by atoms with E-state index in [0.717, 1.165) is 11.8 Å². The highest BCUT2D eigenvalue weighted by Crippen LogP contribution is 2.33. The molecule has 0 saturated carbocycles. The van der Waals surface area contributed by atoms with Crippen molar-refractivity contribution in [1.82, 2.24) is 4.90 Å². The minimum Gasteiger partial charge on any atom is -0.465 e. The fraction of sp³-hybridized carbons (Fsp3) is 0.125. The van der Waals surface area contributed by atoms with E-state index in [2.05, 4.69) is 4.40 Å². The van der Waals surface area contributed by atoms with Crippen molar-refractivity contribution in [3.8, 4) is 0 Å². The van der Waals surface area contributed by atoms with Crippen molar-refractivity contribution in [3.05, 3.63) is 59.4 Å². The molecular weight excluding hydrogens is 348 g/mol. The van der Waals surface area contributed by atoms with Crippen LogP contribution in [-0.2, 0) is 14.8 Å². The molecule has 2 heterocycles. The lowest BCUT2D eigenvalue weighted by molar-refractivity contribution is -0.122. The Morgan fingerprint density at radius 3 is 2.58 bits per heavy atom. The first-order chi connectivity index (χ1) is 11.5. The molecule has 0 spiro atoms. The first-order valence-corrected chi connectivity index (χ1v) is 9.42. The number of benzene rings is 1. The van der Waals surface area contributed by atoms with Gasteiger partial charge in [-0.1, -0.05) is 18.2 Å². The molecule has 8 heteroatoms. The minimum absolute atomic E-state index is 0.0880. The van der Waals surface area contributed by atoms with Gasteiger partial charge in [-0.25, -0.2) is 0 Å². The van der Waals surface area contributed by atoms with Crippen LogP contribution < -0.4 is 0 Å². The molecule has 0 N–H and O–H groups in total. The predicted molar refractivity (Wildman–Crippen MR) is 92.7 cm³/mol. The van der Waals surface area contributed by atoms with Gasteiger partial charge in [0.25, 0.3) is 15.9 Å². The lowest BCUT2D eigenvalue weighted by Gasteiger charge is -2.11. The van der Waals surface area contributed by atoms with Gasteiger partial charge >= 0.3 is 0 Å². The van der Waals surface area contributed by atoms with Crippen LogP contribution in [0.25, 0.3) is 6.08 Å². The molecule has 6 nitrogen and oxygen atoms in total. The Kier molecular flexibility index (Phi) is 4.59. The van der Waals surface area contributed by atoms with Crippen molar-refractivity contribution < 1.29 is 17.6 Å². The quantitative estimate of drug-likeness (QED) is 0.781. The van der Waals surface area contributed by atoms with Crippen LogP contribution in [0.4, 0.5) is 0 Å². The highest BCUT2D eigenvalue weighted by atomic mass is 32.2. The number of rotatable bonds is 4. The Morgan fingerprint density at radius 1 is 1.21 bits per heavy atom. The third kappa shape index (κ3) is 3.29. The van der Waals surface area contributed by atoms with Crippen LogP contribution in [-0.4, -0.2) is 30.9 Å². The number of likely N-dealkylation sites (N-methyl/N-ethyl adjacent to an activating group) is 1. The predicted octanol–water partition coefficient (Wildman–Crippen LogP) is 2.96. The first-order valence-electron chi connectivity index (χ1n) is 7.16. The molecule has 0 radical (unpaired) electrons. The second-order valence-electron chi connectivity index (χ2n) is 4.84. The molecular formula is C16H14N2O4S2. The summed E-state index contributed by atoms with van der Waals surface area (Å²) < 4.78 is 33.9. The van der Waals surface area contributed by atoms with E-state index in [1.807, 2.05) is 0 Å². The summed E-state index contributed by atoms with van der Waals surface area (Å²) in [5.74, 6) is 0.231. The number of nitrogens with zero attached hydrogens (tertiary/aromatic N) is 2. The van der Waals surface area contributed by atoms with Crippen LogP contribution in [0.5, 0.6) is 0 Å². The van der Waals surface area contributed by atoms with E-state index in [9.17, 15) is 13.2 Å². The van der Waals surface area contributed by atoms with Crippen molar-refractivity contribution in [2.75, 3.05) is 6.54 Å². The Morgan fingerprint density at radius 2 is 1.96 bits per heavy atom. The molecule has 1 fully saturated rings. The maximum atomic E-state index is 12.4. The maximum absolute atomic E-state index is 12.4. The Balaban J connectivity index is 1.97. The van der Waals surface area contributed by atoms with Crippen LogP contribution >= 0.6 is 11.8 Å². The van der Waals surface area contributed by atoms with Gasteiger partial charge in [0.2, 0.25) is 0 Å². The van der Waals surface area contributed by atoms with Gasteiger partial charge in [0, 0.05) is 12.6 Å². The molecule has 0 bridgehead atoms. The topological polar surface area (TPSA) is 80.0 Å². The number of amides is 1. The second-order valence-corrected chi connectivity index (χ2v) is 7.45. The number of thioether (sulfide) groups is 1. The number of hydrogen-bond donors (Lipinski definition) is 0. The monoisotopic (exact) mass is 362 g/mol. The zero-order valence-corrected chi connectivity index (χ0v) is 14.4. The Bertz CT molecular complexity index is 901.